The lowest BCUT2D eigenvalue weighted by Gasteiger charge is -2.55. The summed E-state index contributed by atoms with van der Waals surface area (Å²) in [5.74, 6) is -1.89. The van der Waals surface area contributed by atoms with Gasteiger partial charge in [0.1, 0.15) is 0 Å². The minimum Gasteiger partial charge on any atom is -0.326 e. The zero-order valence-corrected chi connectivity index (χ0v) is 20.4. The zero-order chi connectivity index (χ0) is 23.8. The Bertz CT molecular complexity index is 796. The minimum absolute atomic E-state index is 0.0609. The Balaban J connectivity index is 1.05. The fourth-order valence-electron chi connectivity index (χ4n) is 7.13. The third kappa shape index (κ3) is 4.92. The lowest BCUT2D eigenvalue weighted by molar-refractivity contribution is -0.488. The van der Waals surface area contributed by atoms with Gasteiger partial charge in [-0.3, -0.25) is 0 Å². The van der Waals surface area contributed by atoms with Crippen molar-refractivity contribution in [1.29, 1.82) is 0 Å². The molecule has 0 radical (unpaired) electrons. The summed E-state index contributed by atoms with van der Waals surface area (Å²) in [7, 11) is 0. The predicted octanol–water partition coefficient (Wildman–Crippen LogP) is 7.17. The monoisotopic (exact) mass is 480 g/mol. The van der Waals surface area contributed by atoms with Gasteiger partial charge in [-0.05, 0) is 93.2 Å². The SMILES string of the molecule is CCCC12COC(C3CCC(C4CCC(CCc5cc(F)c(F)c(F)c5)CC4)CC3)(OC1)OC2. The Labute approximate surface area is 201 Å². The second kappa shape index (κ2) is 10.1. The Hall–Kier alpha value is -1.11. The maximum atomic E-state index is 13.5. The third-order valence-electron chi connectivity index (χ3n) is 9.23. The molecule has 5 aliphatic rings. The van der Waals surface area contributed by atoms with Crippen LogP contribution in [-0.2, 0) is 20.6 Å². The lowest BCUT2D eigenvalue weighted by Crippen LogP contribution is -2.63. The summed E-state index contributed by atoms with van der Waals surface area (Å²) in [6.07, 6.45) is 13.2. The Kier molecular flexibility index (Phi) is 7.30. The average molecular weight is 481 g/mol. The predicted molar refractivity (Wildman–Crippen MR) is 123 cm³/mol. The highest BCUT2D eigenvalue weighted by Crippen LogP contribution is 2.50. The van der Waals surface area contributed by atoms with Crippen LogP contribution in [-0.4, -0.2) is 25.8 Å². The van der Waals surface area contributed by atoms with Crippen LogP contribution in [0.25, 0.3) is 0 Å². The van der Waals surface area contributed by atoms with E-state index in [0.29, 0.717) is 23.8 Å². The van der Waals surface area contributed by atoms with E-state index < -0.39 is 23.4 Å². The molecular formula is C28H39F3O3. The standard InChI is InChI=1S/C28H39F3O3/c1-2-13-27-16-32-28(33-17-27,34-18-27)23-11-9-22(10-12-23)21-7-5-19(6-8-21)3-4-20-14-24(29)26(31)25(30)15-20/h14-15,19,21-23H,2-13,16-18H2,1H3. The van der Waals surface area contributed by atoms with E-state index in [1.54, 1.807) is 0 Å². The molecule has 2 aliphatic carbocycles. The molecular weight excluding hydrogens is 441 g/mol. The summed E-state index contributed by atoms with van der Waals surface area (Å²) in [6, 6.07) is 2.28. The summed E-state index contributed by atoms with van der Waals surface area (Å²) in [5.41, 5.74) is 0.617. The quantitative estimate of drug-likeness (QED) is 0.387. The zero-order valence-electron chi connectivity index (χ0n) is 20.4. The van der Waals surface area contributed by atoms with Gasteiger partial charge in [0.15, 0.2) is 17.5 Å². The van der Waals surface area contributed by atoms with Crippen LogP contribution in [0.2, 0.25) is 0 Å². The van der Waals surface area contributed by atoms with E-state index in [9.17, 15) is 13.2 Å². The van der Waals surface area contributed by atoms with Gasteiger partial charge < -0.3 is 14.2 Å². The number of aryl methyl sites for hydroxylation is 1. The van der Waals surface area contributed by atoms with E-state index in [4.69, 9.17) is 14.2 Å². The Morgan fingerprint density at radius 3 is 1.85 bits per heavy atom. The summed E-state index contributed by atoms with van der Waals surface area (Å²) < 4.78 is 58.8. The van der Waals surface area contributed by atoms with Crippen LogP contribution in [0.5, 0.6) is 0 Å². The molecule has 0 aromatic heterocycles. The third-order valence-corrected chi connectivity index (χ3v) is 9.23. The van der Waals surface area contributed by atoms with Gasteiger partial charge in [-0.15, -0.1) is 0 Å². The maximum absolute atomic E-state index is 13.5. The number of hydrogen-bond acceptors (Lipinski definition) is 3. The van der Waals surface area contributed by atoms with Gasteiger partial charge in [-0.25, -0.2) is 13.2 Å². The van der Waals surface area contributed by atoms with E-state index >= 15 is 0 Å². The molecule has 0 N–H and O–H groups in total. The first-order valence-electron chi connectivity index (χ1n) is 13.5. The molecule has 1 aromatic rings. The number of hydrogen-bond donors (Lipinski definition) is 0. The van der Waals surface area contributed by atoms with Crippen LogP contribution >= 0.6 is 0 Å². The van der Waals surface area contributed by atoms with Crippen LogP contribution in [0, 0.1) is 46.5 Å². The van der Waals surface area contributed by atoms with E-state index in [0.717, 1.165) is 75.9 Å². The number of fused-ring (bicyclic) bond motifs is 3. The molecule has 1 aromatic carbocycles. The first-order valence-corrected chi connectivity index (χ1v) is 13.5. The van der Waals surface area contributed by atoms with Crippen molar-refractivity contribution >= 4 is 0 Å². The molecule has 0 atom stereocenters. The van der Waals surface area contributed by atoms with Crippen molar-refractivity contribution < 1.29 is 27.4 Å². The van der Waals surface area contributed by atoms with Crippen LogP contribution in [0.15, 0.2) is 12.1 Å². The van der Waals surface area contributed by atoms with E-state index in [2.05, 4.69) is 6.92 Å². The number of rotatable bonds is 7. The fraction of sp³-hybridized carbons (Fsp3) is 0.786. The molecule has 0 amide bonds. The van der Waals surface area contributed by atoms with Crippen LogP contribution in [0.1, 0.15) is 83.1 Å². The summed E-state index contributed by atoms with van der Waals surface area (Å²) in [4.78, 5) is 0. The Morgan fingerprint density at radius 2 is 1.32 bits per heavy atom. The van der Waals surface area contributed by atoms with Crippen molar-refractivity contribution in [3.63, 3.8) is 0 Å². The van der Waals surface area contributed by atoms with Crippen LogP contribution < -0.4 is 0 Å². The summed E-state index contributed by atoms with van der Waals surface area (Å²) in [5, 5.41) is 0. The van der Waals surface area contributed by atoms with Crippen molar-refractivity contribution in [3.8, 4) is 0 Å². The number of benzene rings is 1. The molecule has 2 bridgehead atoms. The van der Waals surface area contributed by atoms with E-state index in [1.165, 1.54) is 38.5 Å². The van der Waals surface area contributed by atoms with Crippen molar-refractivity contribution in [3.05, 3.63) is 35.1 Å². The molecule has 3 aliphatic heterocycles. The Morgan fingerprint density at radius 1 is 0.794 bits per heavy atom. The highest BCUT2D eigenvalue weighted by Gasteiger charge is 2.56. The molecule has 5 fully saturated rings. The highest BCUT2D eigenvalue weighted by atomic mass is 19.2. The van der Waals surface area contributed by atoms with Gasteiger partial charge in [-0.1, -0.05) is 26.2 Å². The minimum atomic E-state index is -1.38. The summed E-state index contributed by atoms with van der Waals surface area (Å²) in [6.45, 7) is 4.50. The highest BCUT2D eigenvalue weighted by molar-refractivity contribution is 5.19. The molecule has 6 rings (SSSR count). The van der Waals surface area contributed by atoms with E-state index in [-0.39, 0.29) is 5.41 Å². The molecule has 0 unspecified atom stereocenters. The average Bonchev–Trinajstić information content (AvgIpc) is 2.87. The van der Waals surface area contributed by atoms with E-state index in [1.807, 2.05) is 0 Å². The second-order valence-electron chi connectivity index (χ2n) is 11.5. The number of ether oxygens (including phenoxy) is 3. The molecule has 190 valence electrons. The van der Waals surface area contributed by atoms with Crippen molar-refractivity contribution in [2.75, 3.05) is 19.8 Å². The van der Waals surface area contributed by atoms with Gasteiger partial charge in [-0.2, -0.15) is 0 Å². The van der Waals surface area contributed by atoms with Gasteiger partial charge >= 0.3 is 0 Å². The molecule has 3 heterocycles. The normalized spacial score (nSPS) is 38.2. The van der Waals surface area contributed by atoms with Gasteiger partial charge in [0, 0.05) is 11.3 Å². The summed E-state index contributed by atoms with van der Waals surface area (Å²) >= 11 is 0. The second-order valence-corrected chi connectivity index (χ2v) is 11.5. The molecule has 0 spiro atoms. The topological polar surface area (TPSA) is 27.7 Å². The van der Waals surface area contributed by atoms with Crippen molar-refractivity contribution in [2.45, 2.75) is 89.9 Å². The molecule has 3 nitrogen and oxygen atoms in total. The van der Waals surface area contributed by atoms with Crippen molar-refractivity contribution in [2.24, 2.45) is 29.1 Å². The lowest BCUT2D eigenvalue weighted by atomic mass is 9.68. The largest absolute Gasteiger partial charge is 0.326 e. The van der Waals surface area contributed by atoms with Gasteiger partial charge in [0.05, 0.1) is 19.8 Å². The van der Waals surface area contributed by atoms with Crippen molar-refractivity contribution in [1.82, 2.24) is 0 Å². The molecule has 34 heavy (non-hydrogen) atoms. The fourth-order valence-corrected chi connectivity index (χ4v) is 7.13. The smallest absolute Gasteiger partial charge is 0.285 e. The first-order chi connectivity index (χ1) is 16.4. The van der Waals surface area contributed by atoms with Gasteiger partial charge in [0.25, 0.3) is 5.97 Å². The molecule has 3 saturated heterocycles. The molecule has 6 heteroatoms. The van der Waals surface area contributed by atoms with Gasteiger partial charge in [0.2, 0.25) is 0 Å². The molecule has 2 saturated carbocycles. The van der Waals surface area contributed by atoms with Crippen LogP contribution in [0.3, 0.4) is 0 Å². The number of halogens is 3. The first kappa shape index (κ1) is 24.6. The van der Waals surface area contributed by atoms with Crippen LogP contribution in [0.4, 0.5) is 13.2 Å². The maximum Gasteiger partial charge on any atom is 0.285 e.